The highest BCUT2D eigenvalue weighted by Crippen LogP contribution is 2.40. The largest absolute Gasteiger partial charge is 0.394 e. The van der Waals surface area contributed by atoms with E-state index in [9.17, 15) is 10.2 Å². The van der Waals surface area contributed by atoms with Crippen molar-refractivity contribution >= 4 is 23.5 Å². The summed E-state index contributed by atoms with van der Waals surface area (Å²) in [4.78, 5) is 0. The molecule has 0 aliphatic carbocycles. The van der Waals surface area contributed by atoms with Gasteiger partial charge in [0.25, 0.3) is 0 Å². The lowest BCUT2D eigenvalue weighted by atomic mass is 10.1. The maximum absolute atomic E-state index is 9.40. The number of aliphatic hydroxyl groups is 4. The van der Waals surface area contributed by atoms with Gasteiger partial charge in [-0.3, -0.25) is 0 Å². The smallest absolute Gasteiger partial charge is 0.0901 e. The molecule has 4 nitrogen and oxygen atoms in total. The van der Waals surface area contributed by atoms with Gasteiger partial charge in [-0.05, 0) is 0 Å². The van der Waals surface area contributed by atoms with E-state index >= 15 is 0 Å². The van der Waals surface area contributed by atoms with Crippen LogP contribution >= 0.6 is 23.5 Å². The van der Waals surface area contributed by atoms with Crippen LogP contribution < -0.4 is 0 Å². The second kappa shape index (κ2) is 5.43. The van der Waals surface area contributed by atoms with Crippen LogP contribution in [0.25, 0.3) is 0 Å². The van der Waals surface area contributed by atoms with Crippen molar-refractivity contribution in [2.45, 2.75) is 22.7 Å². The van der Waals surface area contributed by atoms with Gasteiger partial charge < -0.3 is 20.4 Å². The molecular weight excluding hydrogens is 212 g/mol. The Morgan fingerprint density at radius 3 is 1.69 bits per heavy atom. The molecule has 4 N–H and O–H groups in total. The van der Waals surface area contributed by atoms with Crippen molar-refractivity contribution in [3.05, 3.63) is 0 Å². The highest BCUT2D eigenvalue weighted by molar-refractivity contribution is 8.19. The van der Waals surface area contributed by atoms with E-state index in [1.54, 1.807) is 0 Å². The van der Waals surface area contributed by atoms with Gasteiger partial charge in [0.1, 0.15) is 0 Å². The molecule has 1 rings (SSSR count). The summed E-state index contributed by atoms with van der Waals surface area (Å²) in [5.74, 6) is 0. The predicted octanol–water partition coefficient (Wildman–Crippen LogP) is -1.13. The van der Waals surface area contributed by atoms with Crippen LogP contribution in [0.5, 0.6) is 0 Å². The topological polar surface area (TPSA) is 80.9 Å². The maximum atomic E-state index is 9.40. The minimum Gasteiger partial charge on any atom is -0.394 e. The molecule has 0 spiro atoms. The van der Waals surface area contributed by atoms with E-state index in [0.717, 1.165) is 5.08 Å². The first kappa shape index (κ1) is 11.6. The molecule has 1 fully saturated rings. The Hall–Kier alpha value is 0.540. The summed E-state index contributed by atoms with van der Waals surface area (Å²) in [6.45, 7) is -0.597. The SMILES string of the molecule is OCC(O)C1SCSC1C(O)CO. The molecule has 0 aromatic carbocycles. The van der Waals surface area contributed by atoms with Crippen molar-refractivity contribution in [2.75, 3.05) is 18.3 Å². The van der Waals surface area contributed by atoms with Gasteiger partial charge >= 0.3 is 0 Å². The van der Waals surface area contributed by atoms with Crippen LogP contribution in [0.3, 0.4) is 0 Å². The average molecular weight is 226 g/mol. The molecule has 1 heterocycles. The van der Waals surface area contributed by atoms with Gasteiger partial charge in [-0.1, -0.05) is 0 Å². The van der Waals surface area contributed by atoms with Crippen LogP contribution in [0.2, 0.25) is 0 Å². The molecule has 78 valence electrons. The quantitative estimate of drug-likeness (QED) is 0.485. The molecule has 1 saturated heterocycles. The van der Waals surface area contributed by atoms with Crippen LogP contribution in [-0.4, -0.2) is 61.4 Å². The Morgan fingerprint density at radius 1 is 1.00 bits per heavy atom. The minimum atomic E-state index is -0.814. The maximum Gasteiger partial charge on any atom is 0.0901 e. The number of hydrogen-bond acceptors (Lipinski definition) is 6. The van der Waals surface area contributed by atoms with Gasteiger partial charge in [-0.25, -0.2) is 0 Å². The number of aliphatic hydroxyl groups excluding tert-OH is 4. The van der Waals surface area contributed by atoms with E-state index in [2.05, 4.69) is 0 Å². The number of thioether (sulfide) groups is 2. The van der Waals surface area contributed by atoms with Crippen LogP contribution in [0, 0.1) is 0 Å². The zero-order chi connectivity index (χ0) is 9.84. The summed E-state index contributed by atoms with van der Waals surface area (Å²) >= 11 is 3.02. The Balaban J connectivity index is 2.52. The Kier molecular flexibility index (Phi) is 4.85. The molecule has 1 aliphatic heterocycles. The second-order valence-corrected chi connectivity index (χ2v) is 5.58. The summed E-state index contributed by atoms with van der Waals surface area (Å²) in [6, 6.07) is 0. The molecule has 0 aromatic heterocycles. The van der Waals surface area contributed by atoms with Crippen LogP contribution in [-0.2, 0) is 0 Å². The Morgan fingerprint density at radius 2 is 1.38 bits per heavy atom. The molecule has 0 aromatic rings. The number of hydrogen-bond donors (Lipinski definition) is 4. The van der Waals surface area contributed by atoms with Crippen molar-refractivity contribution in [1.29, 1.82) is 0 Å². The van der Waals surface area contributed by atoms with Crippen molar-refractivity contribution in [3.8, 4) is 0 Å². The van der Waals surface area contributed by atoms with Crippen LogP contribution in [0.1, 0.15) is 0 Å². The van der Waals surface area contributed by atoms with Crippen LogP contribution in [0.15, 0.2) is 0 Å². The molecule has 0 radical (unpaired) electrons. The minimum absolute atomic E-state index is 0.183. The molecule has 4 atom stereocenters. The lowest BCUT2D eigenvalue weighted by molar-refractivity contribution is 0.0582. The monoisotopic (exact) mass is 226 g/mol. The molecule has 4 unspecified atom stereocenters. The zero-order valence-corrected chi connectivity index (χ0v) is 8.67. The van der Waals surface area contributed by atoms with E-state index in [4.69, 9.17) is 10.2 Å². The highest BCUT2D eigenvalue weighted by atomic mass is 32.2. The van der Waals surface area contributed by atoms with E-state index in [1.165, 1.54) is 23.5 Å². The second-order valence-electron chi connectivity index (χ2n) is 2.88. The van der Waals surface area contributed by atoms with Gasteiger partial charge in [0.2, 0.25) is 0 Å². The van der Waals surface area contributed by atoms with Crippen LogP contribution in [0.4, 0.5) is 0 Å². The fraction of sp³-hybridized carbons (Fsp3) is 1.00. The predicted molar refractivity (Wildman–Crippen MR) is 53.8 cm³/mol. The molecular formula is C7H14O4S2. The molecule has 0 saturated carbocycles. The summed E-state index contributed by atoms with van der Waals surface area (Å²) in [5.41, 5.74) is 0. The molecule has 6 heteroatoms. The zero-order valence-electron chi connectivity index (χ0n) is 7.04. The summed E-state index contributed by atoms with van der Waals surface area (Å²) in [7, 11) is 0. The van der Waals surface area contributed by atoms with Gasteiger partial charge in [0.05, 0.1) is 25.4 Å². The third-order valence-corrected chi connectivity index (χ3v) is 5.22. The Labute approximate surface area is 85.3 Å². The van der Waals surface area contributed by atoms with Gasteiger partial charge in [0.15, 0.2) is 0 Å². The van der Waals surface area contributed by atoms with E-state index in [0.29, 0.717) is 0 Å². The van der Waals surface area contributed by atoms with Crippen molar-refractivity contribution < 1.29 is 20.4 Å². The first-order valence-corrected chi connectivity index (χ1v) is 6.11. The standard InChI is InChI=1S/C7H14O4S2/c8-1-4(10)6-7(5(11)2-9)13-3-12-6/h4-11H,1-3H2. The fourth-order valence-corrected chi connectivity index (χ4v) is 4.66. The van der Waals surface area contributed by atoms with Gasteiger partial charge in [0, 0.05) is 15.6 Å². The van der Waals surface area contributed by atoms with Crippen molar-refractivity contribution in [3.63, 3.8) is 0 Å². The highest BCUT2D eigenvalue weighted by Gasteiger charge is 2.37. The first-order valence-electron chi connectivity index (χ1n) is 4.01. The molecule has 0 bridgehead atoms. The molecule has 13 heavy (non-hydrogen) atoms. The van der Waals surface area contributed by atoms with Gasteiger partial charge in [-0.2, -0.15) is 0 Å². The Bertz CT molecular complexity index is 141. The fourth-order valence-electron chi connectivity index (χ4n) is 1.25. The van der Waals surface area contributed by atoms with E-state index < -0.39 is 12.2 Å². The third-order valence-electron chi connectivity index (χ3n) is 1.98. The first-order chi connectivity index (χ1) is 6.20. The summed E-state index contributed by atoms with van der Waals surface area (Å²) < 4.78 is 0. The molecule has 0 amide bonds. The van der Waals surface area contributed by atoms with E-state index in [1.807, 2.05) is 0 Å². The third kappa shape index (κ3) is 2.74. The van der Waals surface area contributed by atoms with E-state index in [-0.39, 0.29) is 23.7 Å². The van der Waals surface area contributed by atoms with Crippen molar-refractivity contribution in [2.24, 2.45) is 0 Å². The van der Waals surface area contributed by atoms with Gasteiger partial charge in [-0.15, -0.1) is 23.5 Å². The van der Waals surface area contributed by atoms with Crippen molar-refractivity contribution in [1.82, 2.24) is 0 Å². The summed E-state index contributed by atoms with van der Waals surface area (Å²) in [6.07, 6.45) is -1.63. The normalized spacial score (nSPS) is 33.2. The molecule has 1 aliphatic rings. The lowest BCUT2D eigenvalue weighted by Gasteiger charge is -2.24. The summed E-state index contributed by atoms with van der Waals surface area (Å²) in [5, 5.41) is 36.7. The average Bonchev–Trinajstić information content (AvgIpc) is 2.63. The lowest BCUT2D eigenvalue weighted by Crippen LogP contribution is -2.40. The number of rotatable bonds is 4.